The lowest BCUT2D eigenvalue weighted by molar-refractivity contribution is 0.101. The summed E-state index contributed by atoms with van der Waals surface area (Å²) >= 11 is 6.00. The minimum Gasteiger partial charge on any atom is -0.383 e. The van der Waals surface area contributed by atoms with E-state index in [0.29, 0.717) is 30.3 Å². The lowest BCUT2D eigenvalue weighted by atomic mass is 10.1. The molecule has 1 aromatic rings. The number of methoxy groups -OCH3 is 1. The van der Waals surface area contributed by atoms with E-state index in [1.54, 1.807) is 11.8 Å². The fourth-order valence-corrected chi connectivity index (χ4v) is 1.81. The van der Waals surface area contributed by atoms with Crippen LogP contribution in [0.1, 0.15) is 30.8 Å². The molecule has 1 aromatic heterocycles. The minimum atomic E-state index is -0.0615. The summed E-state index contributed by atoms with van der Waals surface area (Å²) in [6.07, 6.45) is 3.99. The third kappa shape index (κ3) is 3.17. The molecule has 0 atom stereocenters. The smallest absolute Gasteiger partial charge is 0.208 e. The van der Waals surface area contributed by atoms with E-state index in [2.05, 4.69) is 5.10 Å². The SMILES string of the molecule is CC=C(CC)C(=O)c1c(Cl)cnn1CCOC. The molecule has 0 aliphatic carbocycles. The van der Waals surface area contributed by atoms with E-state index in [0.717, 1.165) is 5.57 Å². The number of rotatable bonds is 6. The topological polar surface area (TPSA) is 44.1 Å². The van der Waals surface area contributed by atoms with Gasteiger partial charge in [-0.2, -0.15) is 5.10 Å². The number of carbonyl (C=O) groups is 1. The zero-order valence-corrected chi connectivity index (χ0v) is 11.1. The Morgan fingerprint density at radius 3 is 2.88 bits per heavy atom. The summed E-state index contributed by atoms with van der Waals surface area (Å²) in [6.45, 7) is 4.80. The molecule has 17 heavy (non-hydrogen) atoms. The summed E-state index contributed by atoms with van der Waals surface area (Å²) in [4.78, 5) is 12.2. The molecule has 0 spiro atoms. The minimum absolute atomic E-state index is 0.0615. The van der Waals surface area contributed by atoms with Crippen molar-refractivity contribution in [3.05, 3.63) is 28.6 Å². The first-order valence-electron chi connectivity index (χ1n) is 5.55. The van der Waals surface area contributed by atoms with E-state index in [1.807, 2.05) is 19.9 Å². The summed E-state index contributed by atoms with van der Waals surface area (Å²) in [6, 6.07) is 0. The molecule has 0 aliphatic rings. The second kappa shape index (κ2) is 6.57. The predicted molar refractivity (Wildman–Crippen MR) is 67.5 cm³/mol. The number of carbonyl (C=O) groups excluding carboxylic acids is 1. The van der Waals surface area contributed by atoms with Gasteiger partial charge in [-0.25, -0.2) is 0 Å². The van der Waals surface area contributed by atoms with Crippen molar-refractivity contribution < 1.29 is 9.53 Å². The van der Waals surface area contributed by atoms with Crippen molar-refractivity contribution in [1.29, 1.82) is 0 Å². The Kier molecular flexibility index (Phi) is 5.38. The predicted octanol–water partition coefficient (Wildman–Crippen LogP) is 2.72. The van der Waals surface area contributed by atoms with Crippen molar-refractivity contribution in [3.63, 3.8) is 0 Å². The molecule has 4 nitrogen and oxygen atoms in total. The first-order chi connectivity index (χ1) is 8.15. The number of ether oxygens (including phenoxy) is 1. The van der Waals surface area contributed by atoms with Crippen LogP contribution >= 0.6 is 11.6 Å². The maximum absolute atomic E-state index is 12.2. The van der Waals surface area contributed by atoms with E-state index >= 15 is 0 Å². The molecule has 1 heterocycles. The van der Waals surface area contributed by atoms with Gasteiger partial charge in [-0.15, -0.1) is 0 Å². The summed E-state index contributed by atoms with van der Waals surface area (Å²) in [5.74, 6) is -0.0615. The molecular weight excluding hydrogens is 240 g/mol. The highest BCUT2D eigenvalue weighted by Gasteiger charge is 2.19. The number of aromatic nitrogens is 2. The number of Topliss-reactive ketones (excluding diaryl/α,β-unsaturated/α-hetero) is 1. The van der Waals surface area contributed by atoms with Gasteiger partial charge in [-0.3, -0.25) is 9.48 Å². The van der Waals surface area contributed by atoms with Crippen LogP contribution in [-0.2, 0) is 11.3 Å². The average molecular weight is 257 g/mol. The van der Waals surface area contributed by atoms with Gasteiger partial charge in [-0.1, -0.05) is 24.6 Å². The van der Waals surface area contributed by atoms with Crippen LogP contribution < -0.4 is 0 Å². The molecule has 5 heteroatoms. The monoisotopic (exact) mass is 256 g/mol. The van der Waals surface area contributed by atoms with Gasteiger partial charge in [-0.05, 0) is 18.9 Å². The third-order valence-electron chi connectivity index (χ3n) is 2.54. The molecule has 0 aromatic carbocycles. The van der Waals surface area contributed by atoms with Gasteiger partial charge < -0.3 is 4.74 Å². The van der Waals surface area contributed by atoms with Crippen LogP contribution in [0.4, 0.5) is 0 Å². The second-order valence-corrected chi connectivity index (χ2v) is 3.96. The second-order valence-electron chi connectivity index (χ2n) is 3.55. The van der Waals surface area contributed by atoms with Crippen LogP contribution in [0.5, 0.6) is 0 Å². The van der Waals surface area contributed by atoms with Gasteiger partial charge in [0.25, 0.3) is 0 Å². The van der Waals surface area contributed by atoms with Crippen molar-refractivity contribution in [2.45, 2.75) is 26.8 Å². The van der Waals surface area contributed by atoms with Crippen LogP contribution in [0, 0.1) is 0 Å². The highest BCUT2D eigenvalue weighted by molar-refractivity contribution is 6.34. The summed E-state index contributed by atoms with van der Waals surface area (Å²) in [5.41, 5.74) is 1.18. The molecule has 0 unspecified atom stereocenters. The van der Waals surface area contributed by atoms with Crippen LogP contribution in [0.25, 0.3) is 0 Å². The van der Waals surface area contributed by atoms with Gasteiger partial charge in [0.1, 0.15) is 5.69 Å². The Balaban J connectivity index is 3.03. The molecule has 1 rings (SSSR count). The Bertz CT molecular complexity index is 424. The van der Waals surface area contributed by atoms with Crippen LogP contribution in [0.3, 0.4) is 0 Å². The molecule has 0 saturated carbocycles. The zero-order chi connectivity index (χ0) is 12.8. The van der Waals surface area contributed by atoms with Gasteiger partial charge >= 0.3 is 0 Å². The first-order valence-corrected chi connectivity index (χ1v) is 5.93. The Labute approximate surface area is 106 Å². The van der Waals surface area contributed by atoms with Crippen LogP contribution in [0.2, 0.25) is 5.02 Å². The number of hydrogen-bond acceptors (Lipinski definition) is 3. The number of allylic oxidation sites excluding steroid dienone is 2. The fourth-order valence-electron chi connectivity index (χ4n) is 1.58. The van der Waals surface area contributed by atoms with Gasteiger partial charge in [0, 0.05) is 7.11 Å². The maximum atomic E-state index is 12.2. The van der Waals surface area contributed by atoms with Crippen molar-refractivity contribution >= 4 is 17.4 Å². The van der Waals surface area contributed by atoms with Gasteiger partial charge in [0.2, 0.25) is 5.78 Å². The van der Waals surface area contributed by atoms with Gasteiger partial charge in [0.05, 0.1) is 24.4 Å². The van der Waals surface area contributed by atoms with Crippen LogP contribution in [0.15, 0.2) is 17.8 Å². The lowest BCUT2D eigenvalue weighted by Gasteiger charge is -2.08. The van der Waals surface area contributed by atoms with E-state index in [9.17, 15) is 4.79 Å². The lowest BCUT2D eigenvalue weighted by Crippen LogP contribution is -2.15. The van der Waals surface area contributed by atoms with E-state index in [-0.39, 0.29) is 5.78 Å². The van der Waals surface area contributed by atoms with Crippen molar-refractivity contribution in [2.24, 2.45) is 0 Å². The number of halogens is 1. The zero-order valence-electron chi connectivity index (χ0n) is 10.4. The Morgan fingerprint density at radius 1 is 1.65 bits per heavy atom. The van der Waals surface area contributed by atoms with E-state index in [1.165, 1.54) is 6.20 Å². The number of ketones is 1. The fraction of sp³-hybridized carbons (Fsp3) is 0.500. The van der Waals surface area contributed by atoms with E-state index < -0.39 is 0 Å². The quantitative estimate of drug-likeness (QED) is 0.581. The Hall–Kier alpha value is -1.13. The van der Waals surface area contributed by atoms with Gasteiger partial charge in [0.15, 0.2) is 0 Å². The highest BCUT2D eigenvalue weighted by Crippen LogP contribution is 2.20. The Morgan fingerprint density at radius 2 is 2.35 bits per heavy atom. The molecule has 94 valence electrons. The van der Waals surface area contributed by atoms with Crippen molar-refractivity contribution in [1.82, 2.24) is 9.78 Å². The summed E-state index contributed by atoms with van der Waals surface area (Å²) in [5, 5.41) is 4.47. The van der Waals surface area contributed by atoms with E-state index in [4.69, 9.17) is 16.3 Å². The summed E-state index contributed by atoms with van der Waals surface area (Å²) in [7, 11) is 1.61. The molecular formula is C12H17ClN2O2. The number of nitrogens with zero attached hydrogens (tertiary/aromatic N) is 2. The third-order valence-corrected chi connectivity index (χ3v) is 2.81. The standard InChI is InChI=1S/C12H17ClN2O2/c1-4-9(5-2)12(16)11-10(13)8-14-15(11)6-7-17-3/h4,8H,5-7H2,1-3H3. The molecule has 0 aliphatic heterocycles. The van der Waals surface area contributed by atoms with Crippen LogP contribution in [-0.4, -0.2) is 29.3 Å². The van der Waals surface area contributed by atoms with Crippen molar-refractivity contribution in [2.75, 3.05) is 13.7 Å². The van der Waals surface area contributed by atoms with Crippen molar-refractivity contribution in [3.8, 4) is 0 Å². The molecule has 0 saturated heterocycles. The summed E-state index contributed by atoms with van der Waals surface area (Å²) < 4.78 is 6.56. The molecule has 0 radical (unpaired) electrons. The molecule has 0 fully saturated rings. The maximum Gasteiger partial charge on any atom is 0.208 e. The normalized spacial score (nSPS) is 11.9. The number of hydrogen-bond donors (Lipinski definition) is 0. The first kappa shape index (κ1) is 13.9. The molecule has 0 amide bonds. The molecule has 0 bridgehead atoms. The largest absolute Gasteiger partial charge is 0.383 e. The average Bonchev–Trinajstić information content (AvgIpc) is 2.69. The highest BCUT2D eigenvalue weighted by atomic mass is 35.5. The molecule has 0 N–H and O–H groups in total.